The number of amides is 2. The molecule has 2 aromatic heterocycles. The largest absolute Gasteiger partial charge is 0.335 e. The lowest BCUT2D eigenvalue weighted by Gasteiger charge is -2.12. The number of rotatable bonds is 2. The average molecular weight is 335 g/mol. The number of fused-ring (bicyclic) bond motifs is 1. The Hall–Kier alpha value is -1.69. The number of carbonyl (C=O) groups is 1. The van der Waals surface area contributed by atoms with Crippen LogP contribution in [0, 0.1) is 0 Å². The maximum absolute atomic E-state index is 11.9. The highest BCUT2D eigenvalue weighted by atomic mass is 79.9. The van der Waals surface area contributed by atoms with Gasteiger partial charge in [0.25, 0.3) is 0 Å². The van der Waals surface area contributed by atoms with Crippen molar-refractivity contribution in [3.63, 3.8) is 0 Å². The van der Waals surface area contributed by atoms with Gasteiger partial charge in [-0.1, -0.05) is 12.8 Å². The summed E-state index contributed by atoms with van der Waals surface area (Å²) in [6, 6.07) is 5.60. The fourth-order valence-electron chi connectivity index (χ4n) is 2.46. The molecule has 2 heterocycles. The van der Waals surface area contributed by atoms with Crippen LogP contribution in [0.3, 0.4) is 0 Å². The summed E-state index contributed by atoms with van der Waals surface area (Å²) >= 11 is 3.36. The number of hydrogen-bond donors (Lipinski definition) is 2. The minimum atomic E-state index is -0.188. The number of aromatic nitrogens is 2. The van der Waals surface area contributed by atoms with Crippen molar-refractivity contribution in [1.29, 1.82) is 0 Å². The van der Waals surface area contributed by atoms with Crippen LogP contribution in [0.1, 0.15) is 25.7 Å². The van der Waals surface area contributed by atoms with Crippen molar-refractivity contribution in [2.75, 3.05) is 5.32 Å². The molecule has 0 aromatic carbocycles. The molecule has 0 unspecified atom stereocenters. The first-order valence-electron chi connectivity index (χ1n) is 6.70. The van der Waals surface area contributed by atoms with Crippen LogP contribution >= 0.6 is 15.9 Å². The van der Waals surface area contributed by atoms with E-state index in [1.807, 2.05) is 12.1 Å². The van der Waals surface area contributed by atoms with Gasteiger partial charge < -0.3 is 5.32 Å². The standard InChI is InChI=1S/C14H15BrN4O/c15-9-7-12-11(16-8-9)5-6-13(18-12)19-14(20)17-10-3-1-2-4-10/h5-8,10H,1-4H2,(H2,17,18,19,20). The molecule has 1 fully saturated rings. The zero-order valence-electron chi connectivity index (χ0n) is 10.9. The summed E-state index contributed by atoms with van der Waals surface area (Å²) in [5.74, 6) is 0.535. The van der Waals surface area contributed by atoms with E-state index in [1.165, 1.54) is 12.8 Å². The van der Waals surface area contributed by atoms with Crippen LogP contribution in [0.15, 0.2) is 28.9 Å². The number of pyridine rings is 2. The van der Waals surface area contributed by atoms with Gasteiger partial charge in [0.1, 0.15) is 5.82 Å². The molecular weight excluding hydrogens is 320 g/mol. The van der Waals surface area contributed by atoms with Crippen LogP contribution in [0.4, 0.5) is 10.6 Å². The Morgan fingerprint density at radius 1 is 1.25 bits per heavy atom. The van der Waals surface area contributed by atoms with E-state index in [-0.39, 0.29) is 6.03 Å². The van der Waals surface area contributed by atoms with Gasteiger partial charge in [-0.3, -0.25) is 10.3 Å². The van der Waals surface area contributed by atoms with Crippen molar-refractivity contribution >= 4 is 38.8 Å². The second kappa shape index (κ2) is 5.75. The molecule has 0 saturated heterocycles. The molecule has 2 aromatic rings. The second-order valence-electron chi connectivity index (χ2n) is 4.97. The number of urea groups is 1. The first-order chi connectivity index (χ1) is 9.70. The quantitative estimate of drug-likeness (QED) is 0.883. The van der Waals surface area contributed by atoms with E-state index in [9.17, 15) is 4.79 Å². The highest BCUT2D eigenvalue weighted by Gasteiger charge is 2.17. The van der Waals surface area contributed by atoms with Gasteiger partial charge in [0.15, 0.2) is 0 Å². The molecule has 6 heteroatoms. The van der Waals surface area contributed by atoms with E-state index in [2.05, 4.69) is 36.5 Å². The lowest BCUT2D eigenvalue weighted by molar-refractivity contribution is 0.248. The SMILES string of the molecule is O=C(Nc1ccc2ncc(Br)cc2n1)NC1CCCC1. The first-order valence-corrected chi connectivity index (χ1v) is 7.50. The van der Waals surface area contributed by atoms with E-state index in [4.69, 9.17) is 0 Å². The number of nitrogens with one attached hydrogen (secondary N) is 2. The Bertz CT molecular complexity index is 640. The summed E-state index contributed by atoms with van der Waals surface area (Å²) in [5, 5.41) is 5.75. The van der Waals surface area contributed by atoms with Gasteiger partial charge in [-0.15, -0.1) is 0 Å². The Labute approximate surface area is 125 Å². The Kier molecular flexibility index (Phi) is 3.82. The van der Waals surface area contributed by atoms with Crippen LogP contribution in [0.25, 0.3) is 11.0 Å². The minimum absolute atomic E-state index is 0.188. The van der Waals surface area contributed by atoms with E-state index in [0.717, 1.165) is 28.3 Å². The molecule has 1 saturated carbocycles. The van der Waals surface area contributed by atoms with E-state index < -0.39 is 0 Å². The number of carbonyl (C=O) groups excluding carboxylic acids is 1. The molecule has 3 rings (SSSR count). The smallest absolute Gasteiger partial charge is 0.320 e. The summed E-state index contributed by atoms with van der Waals surface area (Å²) in [5.41, 5.74) is 1.55. The summed E-state index contributed by atoms with van der Waals surface area (Å²) in [4.78, 5) is 20.5. The minimum Gasteiger partial charge on any atom is -0.335 e. The third-order valence-corrected chi connectivity index (χ3v) is 3.87. The maximum Gasteiger partial charge on any atom is 0.320 e. The Morgan fingerprint density at radius 2 is 2.05 bits per heavy atom. The molecule has 2 amide bonds. The average Bonchev–Trinajstić information content (AvgIpc) is 2.91. The van der Waals surface area contributed by atoms with Gasteiger partial charge in [-0.2, -0.15) is 0 Å². The summed E-state index contributed by atoms with van der Waals surface area (Å²) in [6.07, 6.45) is 6.24. The fourth-order valence-corrected chi connectivity index (χ4v) is 2.78. The predicted molar refractivity (Wildman–Crippen MR) is 81.6 cm³/mol. The molecular formula is C14H15BrN4O. The van der Waals surface area contributed by atoms with E-state index >= 15 is 0 Å². The summed E-state index contributed by atoms with van der Waals surface area (Å²) in [7, 11) is 0. The first kappa shape index (κ1) is 13.3. The van der Waals surface area contributed by atoms with Crippen molar-refractivity contribution in [3.05, 3.63) is 28.9 Å². The predicted octanol–water partition coefficient (Wildman–Crippen LogP) is 3.46. The molecule has 0 radical (unpaired) electrons. The summed E-state index contributed by atoms with van der Waals surface area (Å²) < 4.78 is 0.866. The third kappa shape index (κ3) is 3.07. The number of anilines is 1. The molecule has 5 nitrogen and oxygen atoms in total. The lowest BCUT2D eigenvalue weighted by atomic mass is 10.2. The molecule has 20 heavy (non-hydrogen) atoms. The lowest BCUT2D eigenvalue weighted by Crippen LogP contribution is -2.36. The molecule has 0 aliphatic heterocycles. The molecule has 1 aliphatic carbocycles. The number of hydrogen-bond acceptors (Lipinski definition) is 3. The number of halogens is 1. The van der Waals surface area contributed by atoms with Crippen molar-refractivity contribution in [2.24, 2.45) is 0 Å². The van der Waals surface area contributed by atoms with Gasteiger partial charge in [0.2, 0.25) is 0 Å². The van der Waals surface area contributed by atoms with Crippen LogP contribution in [0.5, 0.6) is 0 Å². The van der Waals surface area contributed by atoms with Crippen LogP contribution in [0.2, 0.25) is 0 Å². The molecule has 2 N–H and O–H groups in total. The normalized spacial score (nSPS) is 15.4. The third-order valence-electron chi connectivity index (χ3n) is 3.44. The molecule has 1 aliphatic rings. The number of nitrogens with zero attached hydrogens (tertiary/aromatic N) is 2. The van der Waals surface area contributed by atoms with Crippen molar-refractivity contribution in [2.45, 2.75) is 31.7 Å². The van der Waals surface area contributed by atoms with Gasteiger partial charge in [-0.05, 0) is 47.0 Å². The molecule has 104 valence electrons. The van der Waals surface area contributed by atoms with Crippen molar-refractivity contribution in [1.82, 2.24) is 15.3 Å². The van der Waals surface area contributed by atoms with Gasteiger partial charge in [0, 0.05) is 16.7 Å². The van der Waals surface area contributed by atoms with E-state index in [1.54, 1.807) is 12.3 Å². The topological polar surface area (TPSA) is 66.9 Å². The second-order valence-corrected chi connectivity index (χ2v) is 5.88. The Balaban J connectivity index is 1.71. The highest BCUT2D eigenvalue weighted by Crippen LogP contribution is 2.19. The van der Waals surface area contributed by atoms with Gasteiger partial charge in [-0.25, -0.2) is 9.78 Å². The molecule has 0 atom stereocenters. The molecule has 0 spiro atoms. The van der Waals surface area contributed by atoms with Crippen molar-refractivity contribution < 1.29 is 4.79 Å². The zero-order valence-corrected chi connectivity index (χ0v) is 12.5. The van der Waals surface area contributed by atoms with Crippen molar-refractivity contribution in [3.8, 4) is 0 Å². The monoisotopic (exact) mass is 334 g/mol. The van der Waals surface area contributed by atoms with Gasteiger partial charge >= 0.3 is 6.03 Å². The zero-order chi connectivity index (χ0) is 13.9. The van der Waals surface area contributed by atoms with Crippen LogP contribution in [-0.2, 0) is 0 Å². The maximum atomic E-state index is 11.9. The fraction of sp³-hybridized carbons (Fsp3) is 0.357. The Morgan fingerprint density at radius 3 is 2.85 bits per heavy atom. The summed E-state index contributed by atoms with van der Waals surface area (Å²) in [6.45, 7) is 0. The molecule has 0 bridgehead atoms. The van der Waals surface area contributed by atoms with Crippen LogP contribution < -0.4 is 10.6 Å². The van der Waals surface area contributed by atoms with Crippen LogP contribution in [-0.4, -0.2) is 22.0 Å². The highest BCUT2D eigenvalue weighted by molar-refractivity contribution is 9.10. The van der Waals surface area contributed by atoms with Gasteiger partial charge in [0.05, 0.1) is 11.0 Å². The van der Waals surface area contributed by atoms with E-state index in [0.29, 0.717) is 11.9 Å².